The van der Waals surface area contributed by atoms with Crippen molar-refractivity contribution in [1.29, 1.82) is 0 Å². The van der Waals surface area contributed by atoms with Crippen LogP contribution >= 0.6 is 0 Å². The number of hydrogen-bond acceptors (Lipinski definition) is 2. The van der Waals surface area contributed by atoms with E-state index in [0.717, 1.165) is 35.6 Å². The van der Waals surface area contributed by atoms with E-state index in [1.165, 1.54) is 110 Å². The third kappa shape index (κ3) is 5.73. The van der Waals surface area contributed by atoms with Gasteiger partial charge in [0.25, 0.3) is 0 Å². The summed E-state index contributed by atoms with van der Waals surface area (Å²) in [5.74, 6) is 0.916. The van der Waals surface area contributed by atoms with Crippen LogP contribution in [0.15, 0.2) is 182 Å². The zero-order valence-corrected chi connectivity index (χ0v) is 39.7. The van der Waals surface area contributed by atoms with Gasteiger partial charge in [-0.3, -0.25) is 0 Å². The average molecular weight is 879 g/mol. The lowest BCUT2D eigenvalue weighted by atomic mass is 10.00. The van der Waals surface area contributed by atoms with Crippen molar-refractivity contribution >= 4 is 110 Å². The number of rotatable bonds is 10. The molecule has 0 saturated carbocycles. The first-order chi connectivity index (χ1) is 33.3. The first-order valence-corrected chi connectivity index (χ1v) is 24.6. The highest BCUT2D eigenvalue weighted by Gasteiger charge is 2.29. The molecule has 4 aromatic heterocycles. The molecule has 0 amide bonds. The Hall–Kier alpha value is -7.82. The van der Waals surface area contributed by atoms with Gasteiger partial charge in [-0.2, -0.15) is 0 Å². The largest absolute Gasteiger partial charge is 0.310 e. The zero-order chi connectivity index (χ0) is 45.9. The number of para-hydroxylation sites is 4. The van der Waals surface area contributed by atoms with Gasteiger partial charge >= 0.3 is 0 Å². The van der Waals surface area contributed by atoms with E-state index >= 15 is 0 Å². The molecular weight excluding hydrogens is 825 g/mol. The normalized spacial score (nSPS) is 12.4. The summed E-state index contributed by atoms with van der Waals surface area (Å²) in [6.07, 6.45) is 1.88. The molecule has 0 aliphatic heterocycles. The van der Waals surface area contributed by atoms with Crippen molar-refractivity contribution < 1.29 is 0 Å². The Morgan fingerprint density at radius 3 is 1.10 bits per heavy atom. The van der Waals surface area contributed by atoms with Gasteiger partial charge in [0, 0.05) is 65.8 Å². The fourth-order valence-corrected chi connectivity index (χ4v) is 11.8. The van der Waals surface area contributed by atoms with Crippen molar-refractivity contribution in [2.45, 2.75) is 66.2 Å². The monoisotopic (exact) mass is 878 g/mol. The summed E-state index contributed by atoms with van der Waals surface area (Å²) >= 11 is 0. The van der Waals surface area contributed by atoms with Crippen LogP contribution in [-0.2, 0) is 12.8 Å². The smallest absolute Gasteiger partial charge is 0.0641 e. The number of anilines is 6. The van der Waals surface area contributed by atoms with E-state index in [1.807, 2.05) is 0 Å². The van der Waals surface area contributed by atoms with Gasteiger partial charge in [-0.25, -0.2) is 0 Å². The van der Waals surface area contributed by atoms with Crippen molar-refractivity contribution in [3.05, 3.63) is 204 Å². The van der Waals surface area contributed by atoms with Crippen LogP contribution in [0.2, 0.25) is 0 Å². The topological polar surface area (TPSA) is 15.3 Å². The highest BCUT2D eigenvalue weighted by atomic mass is 15.2. The van der Waals surface area contributed by atoms with E-state index < -0.39 is 0 Å². The summed E-state index contributed by atoms with van der Waals surface area (Å²) in [5, 5.41) is 10.3. The Bertz CT molecular complexity index is 3760. The maximum atomic E-state index is 2.62. The molecule has 13 rings (SSSR count). The minimum Gasteiger partial charge on any atom is -0.310 e. The first-order valence-electron chi connectivity index (χ1n) is 24.6. The summed E-state index contributed by atoms with van der Waals surface area (Å²) in [5.41, 5.74) is 20.1. The quantitative estimate of drug-likeness (QED) is 0.136. The van der Waals surface area contributed by atoms with Crippen molar-refractivity contribution in [1.82, 2.24) is 8.80 Å². The van der Waals surface area contributed by atoms with Gasteiger partial charge in [-0.15, -0.1) is 0 Å². The van der Waals surface area contributed by atoms with Gasteiger partial charge in [0.2, 0.25) is 0 Å². The summed E-state index contributed by atoms with van der Waals surface area (Å²) in [6, 6.07) is 68.7. The van der Waals surface area contributed by atoms with Gasteiger partial charge in [0.1, 0.15) is 0 Å². The second-order valence-electron chi connectivity index (χ2n) is 19.4. The third-order valence-electron chi connectivity index (χ3n) is 15.1. The van der Waals surface area contributed by atoms with Crippen molar-refractivity contribution in [3.8, 4) is 0 Å². The fourth-order valence-electron chi connectivity index (χ4n) is 11.8. The Morgan fingerprint density at radius 1 is 0.353 bits per heavy atom. The molecule has 0 unspecified atom stereocenters. The van der Waals surface area contributed by atoms with Crippen molar-refractivity contribution in [2.24, 2.45) is 0 Å². The van der Waals surface area contributed by atoms with Crippen LogP contribution in [0, 0.1) is 0 Å². The summed E-state index contributed by atoms with van der Waals surface area (Å²) in [4.78, 5) is 4.93. The second kappa shape index (κ2) is 15.4. The average Bonchev–Trinajstić information content (AvgIpc) is 4.11. The van der Waals surface area contributed by atoms with Crippen LogP contribution in [-0.4, -0.2) is 8.80 Å². The molecule has 330 valence electrons. The van der Waals surface area contributed by atoms with Crippen molar-refractivity contribution in [2.75, 3.05) is 9.80 Å². The standard InChI is InChI=1S/C64H54N4/c1-7-41-17-15-23-51-59-55(65(45-19-11-9-12-20-45)47-29-25-43(26-30-47)39(3)4)35-33-49-53-38-58-54(37-57(53)67(61(41)51)63(49)59)50-34-36-56(60-52-24-16-18-42(8-2)62(52)68(58)64(50)60)66(46-21-13-10-14-22-46)48-31-27-44(28-32-48)40(5)6/h9-40H,7-8H2,1-6H3. The Labute approximate surface area is 397 Å². The van der Waals surface area contributed by atoms with Crippen LogP contribution in [0.3, 0.4) is 0 Å². The predicted octanol–water partition coefficient (Wildman–Crippen LogP) is 18.3. The van der Waals surface area contributed by atoms with Gasteiger partial charge in [-0.05, 0) is 120 Å². The Morgan fingerprint density at radius 2 is 0.735 bits per heavy atom. The minimum atomic E-state index is 0.458. The minimum absolute atomic E-state index is 0.458. The first kappa shape index (κ1) is 40.5. The number of fused-ring (bicyclic) bond motifs is 12. The Balaban J connectivity index is 1.13. The fraction of sp³-hybridized carbons (Fsp3) is 0.156. The highest BCUT2D eigenvalue weighted by molar-refractivity contribution is 6.32. The predicted molar refractivity (Wildman–Crippen MR) is 292 cm³/mol. The second-order valence-corrected chi connectivity index (χ2v) is 19.4. The SMILES string of the molecule is CCc1cccc2c3c(N(c4ccccc4)c4ccc(C(C)C)cc4)ccc4c5cc6c(cc5n(c12)c43)c1ccc(N(c2ccccc2)c2ccc(C(C)C)cc2)c2c3cccc(CC)c3n6c12. The molecular formula is C64H54N4. The lowest BCUT2D eigenvalue weighted by molar-refractivity contribution is 0.866. The molecule has 4 heteroatoms. The van der Waals surface area contributed by atoms with E-state index in [2.05, 4.69) is 242 Å². The lowest BCUT2D eigenvalue weighted by Crippen LogP contribution is -2.10. The van der Waals surface area contributed by atoms with Gasteiger partial charge in [0.05, 0.1) is 44.5 Å². The van der Waals surface area contributed by atoms with Gasteiger partial charge < -0.3 is 18.6 Å². The number of aromatic nitrogens is 2. The van der Waals surface area contributed by atoms with Crippen LogP contribution < -0.4 is 9.80 Å². The molecule has 68 heavy (non-hydrogen) atoms. The molecule has 0 radical (unpaired) electrons. The third-order valence-corrected chi connectivity index (χ3v) is 15.1. The van der Waals surface area contributed by atoms with Crippen LogP contribution in [0.25, 0.3) is 76.2 Å². The van der Waals surface area contributed by atoms with Crippen LogP contribution in [0.4, 0.5) is 34.1 Å². The molecule has 0 fully saturated rings. The van der Waals surface area contributed by atoms with E-state index in [1.54, 1.807) is 0 Å². The van der Waals surface area contributed by atoms with E-state index in [4.69, 9.17) is 0 Å². The summed E-state index contributed by atoms with van der Waals surface area (Å²) in [7, 11) is 0. The molecule has 0 spiro atoms. The lowest BCUT2D eigenvalue weighted by Gasteiger charge is -2.27. The molecule has 0 atom stereocenters. The summed E-state index contributed by atoms with van der Waals surface area (Å²) in [6.45, 7) is 13.7. The van der Waals surface area contributed by atoms with Gasteiger partial charge in [0.15, 0.2) is 0 Å². The molecule has 0 N–H and O–H groups in total. The maximum absolute atomic E-state index is 2.62. The number of benzene rings is 9. The molecule has 9 aromatic carbocycles. The van der Waals surface area contributed by atoms with E-state index in [9.17, 15) is 0 Å². The van der Waals surface area contributed by atoms with E-state index in [0.29, 0.717) is 11.8 Å². The molecule has 13 aromatic rings. The summed E-state index contributed by atoms with van der Waals surface area (Å²) < 4.78 is 5.24. The molecule has 0 bridgehead atoms. The highest BCUT2D eigenvalue weighted by Crippen LogP contribution is 2.52. The molecule has 0 aliphatic rings. The van der Waals surface area contributed by atoms with Crippen LogP contribution in [0.1, 0.15) is 75.6 Å². The molecule has 4 nitrogen and oxygen atoms in total. The number of aryl methyl sites for hydroxylation is 2. The maximum Gasteiger partial charge on any atom is 0.0641 e. The number of hydrogen-bond donors (Lipinski definition) is 0. The van der Waals surface area contributed by atoms with E-state index in [-0.39, 0.29) is 0 Å². The van der Waals surface area contributed by atoms with Gasteiger partial charge in [-0.1, -0.05) is 151 Å². The molecule has 4 heterocycles. The molecule has 0 aliphatic carbocycles. The Kier molecular flexibility index (Phi) is 9.14. The van der Waals surface area contributed by atoms with Crippen molar-refractivity contribution in [3.63, 3.8) is 0 Å². The van der Waals surface area contributed by atoms with Crippen LogP contribution in [0.5, 0.6) is 0 Å². The molecule has 0 saturated heterocycles. The number of nitrogens with zero attached hydrogens (tertiary/aromatic N) is 4. The zero-order valence-electron chi connectivity index (χ0n) is 39.7.